The molecule has 1 N–H and O–H groups in total. The second kappa shape index (κ2) is 7.44. The van der Waals surface area contributed by atoms with Crippen molar-refractivity contribution in [2.75, 3.05) is 0 Å². The fourth-order valence-corrected chi connectivity index (χ4v) is 3.14. The van der Waals surface area contributed by atoms with Crippen LogP contribution in [0.1, 0.15) is 24.5 Å². The van der Waals surface area contributed by atoms with Gasteiger partial charge in [-0.05, 0) is 43.5 Å². The summed E-state index contributed by atoms with van der Waals surface area (Å²) in [5, 5.41) is 2.51. The zero-order valence-electron chi connectivity index (χ0n) is 14.1. The number of thiophene rings is 1. The Morgan fingerprint density at radius 3 is 2.80 bits per heavy atom. The van der Waals surface area contributed by atoms with E-state index in [9.17, 15) is 9.59 Å². The maximum Gasteiger partial charge on any atom is 0.258 e. The second-order valence-electron chi connectivity index (χ2n) is 5.94. The van der Waals surface area contributed by atoms with Gasteiger partial charge in [-0.15, -0.1) is 11.3 Å². The van der Waals surface area contributed by atoms with Gasteiger partial charge in [0.15, 0.2) is 0 Å². The highest BCUT2D eigenvalue weighted by molar-refractivity contribution is 7.10. The third kappa shape index (κ3) is 4.03. The molecule has 0 aliphatic carbocycles. The van der Waals surface area contributed by atoms with Crippen molar-refractivity contribution in [2.45, 2.75) is 26.4 Å². The van der Waals surface area contributed by atoms with Gasteiger partial charge in [-0.3, -0.25) is 9.59 Å². The van der Waals surface area contributed by atoms with Crippen molar-refractivity contribution in [3.8, 4) is 0 Å². The SMILES string of the molecule is CC(C)N(Cc1nc2ccccc2c(=O)[nH]1)C(=O)C=Cc1cccs1. The Labute approximate surface area is 149 Å². The van der Waals surface area contributed by atoms with Crippen LogP contribution < -0.4 is 5.56 Å². The molecule has 0 fully saturated rings. The summed E-state index contributed by atoms with van der Waals surface area (Å²) in [6, 6.07) is 11.1. The van der Waals surface area contributed by atoms with Gasteiger partial charge in [0.2, 0.25) is 5.91 Å². The van der Waals surface area contributed by atoms with Crippen LogP contribution in [0, 0.1) is 0 Å². The molecule has 6 heteroatoms. The highest BCUT2D eigenvalue weighted by Gasteiger charge is 2.17. The van der Waals surface area contributed by atoms with E-state index in [4.69, 9.17) is 0 Å². The van der Waals surface area contributed by atoms with Crippen LogP contribution in [0.3, 0.4) is 0 Å². The molecule has 128 valence electrons. The zero-order chi connectivity index (χ0) is 17.8. The van der Waals surface area contributed by atoms with Gasteiger partial charge >= 0.3 is 0 Å². The molecule has 2 heterocycles. The lowest BCUT2D eigenvalue weighted by Crippen LogP contribution is -2.36. The summed E-state index contributed by atoms with van der Waals surface area (Å²) in [7, 11) is 0. The molecule has 3 aromatic rings. The summed E-state index contributed by atoms with van der Waals surface area (Å²) in [6.45, 7) is 4.14. The summed E-state index contributed by atoms with van der Waals surface area (Å²) in [6.07, 6.45) is 3.37. The van der Waals surface area contributed by atoms with Crippen LogP contribution in [0.4, 0.5) is 0 Å². The fraction of sp³-hybridized carbons (Fsp3) is 0.211. The van der Waals surface area contributed by atoms with Gasteiger partial charge in [0, 0.05) is 17.0 Å². The first-order valence-electron chi connectivity index (χ1n) is 8.04. The number of nitrogens with one attached hydrogen (secondary N) is 1. The molecular formula is C19H19N3O2S. The molecule has 0 aliphatic rings. The number of para-hydroxylation sites is 1. The van der Waals surface area contributed by atoms with Crippen LogP contribution in [0.15, 0.2) is 52.6 Å². The number of benzene rings is 1. The molecule has 0 unspecified atom stereocenters. The largest absolute Gasteiger partial charge is 0.329 e. The third-order valence-electron chi connectivity index (χ3n) is 3.82. The average molecular weight is 353 g/mol. The number of nitrogens with zero attached hydrogens (tertiary/aromatic N) is 2. The molecule has 3 rings (SSSR count). The normalized spacial score (nSPS) is 11.5. The summed E-state index contributed by atoms with van der Waals surface area (Å²) in [4.78, 5) is 34.7. The molecule has 0 saturated carbocycles. The Morgan fingerprint density at radius 1 is 1.28 bits per heavy atom. The molecule has 5 nitrogen and oxygen atoms in total. The molecule has 0 saturated heterocycles. The number of H-pyrrole nitrogens is 1. The fourth-order valence-electron chi connectivity index (χ4n) is 2.52. The van der Waals surface area contributed by atoms with Crippen molar-refractivity contribution in [1.29, 1.82) is 0 Å². The van der Waals surface area contributed by atoms with Gasteiger partial charge in [-0.25, -0.2) is 4.98 Å². The molecule has 2 aromatic heterocycles. The monoisotopic (exact) mass is 353 g/mol. The first-order valence-corrected chi connectivity index (χ1v) is 8.92. The van der Waals surface area contributed by atoms with Crippen LogP contribution in [0.2, 0.25) is 0 Å². The van der Waals surface area contributed by atoms with E-state index in [-0.39, 0.29) is 24.1 Å². The predicted molar refractivity (Wildman–Crippen MR) is 101 cm³/mol. The molecule has 0 bridgehead atoms. The lowest BCUT2D eigenvalue weighted by atomic mass is 10.2. The number of carbonyl (C=O) groups excluding carboxylic acids is 1. The van der Waals surface area contributed by atoms with Crippen molar-refractivity contribution in [3.63, 3.8) is 0 Å². The quantitative estimate of drug-likeness (QED) is 0.715. The molecule has 0 spiro atoms. The number of aromatic amines is 1. The third-order valence-corrected chi connectivity index (χ3v) is 4.66. The van der Waals surface area contributed by atoms with Crippen LogP contribution in [-0.2, 0) is 11.3 Å². The van der Waals surface area contributed by atoms with Gasteiger partial charge in [0.25, 0.3) is 5.56 Å². The Bertz CT molecular complexity index is 958. The predicted octanol–water partition coefficient (Wildman–Crippen LogP) is 3.44. The van der Waals surface area contributed by atoms with E-state index in [1.807, 2.05) is 37.4 Å². The molecule has 0 radical (unpaired) electrons. The minimum absolute atomic E-state index is 0.0164. The number of hydrogen-bond acceptors (Lipinski definition) is 4. The minimum Gasteiger partial charge on any atom is -0.329 e. The number of rotatable bonds is 5. The Hall–Kier alpha value is -2.73. The summed E-state index contributed by atoms with van der Waals surface area (Å²) >= 11 is 1.57. The van der Waals surface area contributed by atoms with Crippen molar-refractivity contribution in [3.05, 3.63) is 68.9 Å². The van der Waals surface area contributed by atoms with Gasteiger partial charge in [-0.2, -0.15) is 0 Å². The topological polar surface area (TPSA) is 66.1 Å². The lowest BCUT2D eigenvalue weighted by Gasteiger charge is -2.25. The van der Waals surface area contributed by atoms with Crippen LogP contribution >= 0.6 is 11.3 Å². The van der Waals surface area contributed by atoms with E-state index in [1.165, 1.54) is 0 Å². The maximum atomic E-state index is 12.6. The van der Waals surface area contributed by atoms with Gasteiger partial charge in [-0.1, -0.05) is 18.2 Å². The zero-order valence-corrected chi connectivity index (χ0v) is 14.9. The van der Waals surface area contributed by atoms with Crippen LogP contribution in [-0.4, -0.2) is 26.8 Å². The molecule has 0 aliphatic heterocycles. The van der Waals surface area contributed by atoms with Gasteiger partial charge in [0.05, 0.1) is 17.4 Å². The molecule has 1 aromatic carbocycles. The first-order chi connectivity index (χ1) is 12.0. The van der Waals surface area contributed by atoms with E-state index in [2.05, 4.69) is 9.97 Å². The second-order valence-corrected chi connectivity index (χ2v) is 6.92. The highest BCUT2D eigenvalue weighted by atomic mass is 32.1. The lowest BCUT2D eigenvalue weighted by molar-refractivity contribution is -0.128. The first kappa shape index (κ1) is 17.1. The van der Waals surface area contributed by atoms with Crippen molar-refractivity contribution in [1.82, 2.24) is 14.9 Å². The van der Waals surface area contributed by atoms with E-state index in [0.717, 1.165) is 4.88 Å². The molecular weight excluding hydrogens is 334 g/mol. The average Bonchev–Trinajstić information content (AvgIpc) is 3.11. The van der Waals surface area contributed by atoms with Crippen molar-refractivity contribution >= 4 is 34.2 Å². The summed E-state index contributed by atoms with van der Waals surface area (Å²) in [5.41, 5.74) is 0.442. The summed E-state index contributed by atoms with van der Waals surface area (Å²) in [5.74, 6) is 0.370. The van der Waals surface area contributed by atoms with E-state index < -0.39 is 0 Å². The number of carbonyl (C=O) groups is 1. The Morgan fingerprint density at radius 2 is 2.08 bits per heavy atom. The van der Waals surface area contributed by atoms with E-state index in [1.54, 1.807) is 46.6 Å². The smallest absolute Gasteiger partial charge is 0.258 e. The Kier molecular flexibility index (Phi) is 5.09. The number of aromatic nitrogens is 2. The standard InChI is InChI=1S/C19H19N3O2S/c1-13(2)22(18(23)10-9-14-6-5-11-25-14)12-17-20-16-8-4-3-7-15(16)19(24)21-17/h3-11,13H,12H2,1-2H3,(H,20,21,24). The number of hydrogen-bond donors (Lipinski definition) is 1. The number of amides is 1. The molecule has 25 heavy (non-hydrogen) atoms. The van der Waals surface area contributed by atoms with Crippen molar-refractivity contribution < 1.29 is 4.79 Å². The van der Waals surface area contributed by atoms with Crippen LogP contribution in [0.5, 0.6) is 0 Å². The minimum atomic E-state index is -0.189. The number of fused-ring (bicyclic) bond motifs is 1. The van der Waals surface area contributed by atoms with Gasteiger partial charge in [0.1, 0.15) is 5.82 Å². The summed E-state index contributed by atoms with van der Waals surface area (Å²) < 4.78 is 0. The maximum absolute atomic E-state index is 12.6. The van der Waals surface area contributed by atoms with Crippen LogP contribution in [0.25, 0.3) is 17.0 Å². The van der Waals surface area contributed by atoms with Crippen molar-refractivity contribution in [2.24, 2.45) is 0 Å². The molecule has 0 atom stereocenters. The Balaban J connectivity index is 1.84. The van der Waals surface area contributed by atoms with Gasteiger partial charge < -0.3 is 9.88 Å². The molecule has 1 amide bonds. The van der Waals surface area contributed by atoms with E-state index >= 15 is 0 Å². The highest BCUT2D eigenvalue weighted by Crippen LogP contribution is 2.13. The van der Waals surface area contributed by atoms with E-state index in [0.29, 0.717) is 16.7 Å².